The lowest BCUT2D eigenvalue weighted by Gasteiger charge is -2.06. The van der Waals surface area contributed by atoms with E-state index in [9.17, 15) is 9.59 Å². The molecule has 26 heavy (non-hydrogen) atoms. The smallest absolute Gasteiger partial charge is 0.410 e. The van der Waals surface area contributed by atoms with Gasteiger partial charge in [0, 0.05) is 19.4 Å². The molecule has 0 atom stereocenters. The van der Waals surface area contributed by atoms with Crippen molar-refractivity contribution in [3.05, 3.63) is 41.6 Å². The molecule has 3 aromatic rings. The predicted octanol–water partition coefficient (Wildman–Crippen LogP) is 1.66. The molecular formula is C14H11ClN8O3. The van der Waals surface area contributed by atoms with Crippen LogP contribution in [-0.4, -0.2) is 47.1 Å². The maximum absolute atomic E-state index is 12.1. The number of amides is 2. The first kappa shape index (κ1) is 17.2. The zero-order valence-corrected chi connectivity index (χ0v) is 14.0. The summed E-state index contributed by atoms with van der Waals surface area (Å²) < 4.78 is 1.28. The lowest BCUT2D eigenvalue weighted by molar-refractivity contribution is 0.102. The second-order valence-corrected chi connectivity index (χ2v) is 5.31. The Labute approximate surface area is 151 Å². The zero-order chi connectivity index (χ0) is 18.7. The first-order valence-electron chi connectivity index (χ1n) is 7.09. The molecule has 11 nitrogen and oxygen atoms in total. The number of carbonyl (C=O) groups excluding carboxylic acids is 1. The molecule has 0 aliphatic carbocycles. The summed E-state index contributed by atoms with van der Waals surface area (Å²) in [7, 11) is 1.55. The van der Waals surface area contributed by atoms with Crippen LogP contribution < -0.4 is 10.6 Å². The minimum atomic E-state index is -1.24. The van der Waals surface area contributed by atoms with Crippen molar-refractivity contribution in [3.8, 4) is 11.4 Å². The van der Waals surface area contributed by atoms with Crippen molar-refractivity contribution in [2.45, 2.75) is 0 Å². The zero-order valence-electron chi connectivity index (χ0n) is 13.2. The molecule has 2 amide bonds. The molecule has 0 spiro atoms. The van der Waals surface area contributed by atoms with Gasteiger partial charge in [0.05, 0.1) is 23.1 Å². The number of nitrogens with zero attached hydrogens (tertiary/aromatic N) is 6. The Kier molecular flexibility index (Phi) is 4.71. The summed E-state index contributed by atoms with van der Waals surface area (Å²) in [6.45, 7) is 0. The minimum absolute atomic E-state index is 0.0438. The van der Waals surface area contributed by atoms with Crippen LogP contribution in [0.3, 0.4) is 0 Å². The molecule has 0 saturated carbocycles. The van der Waals surface area contributed by atoms with Gasteiger partial charge in [0.2, 0.25) is 5.28 Å². The molecule has 12 heteroatoms. The van der Waals surface area contributed by atoms with E-state index in [0.717, 1.165) is 0 Å². The Morgan fingerprint density at radius 3 is 2.46 bits per heavy atom. The van der Waals surface area contributed by atoms with Gasteiger partial charge >= 0.3 is 6.09 Å². The van der Waals surface area contributed by atoms with Gasteiger partial charge in [-0.3, -0.25) is 15.1 Å². The number of aryl methyl sites for hydroxylation is 1. The van der Waals surface area contributed by atoms with Crippen LogP contribution in [0.1, 0.15) is 10.4 Å². The fourth-order valence-electron chi connectivity index (χ4n) is 2.01. The van der Waals surface area contributed by atoms with Crippen LogP contribution in [-0.2, 0) is 7.05 Å². The molecule has 0 aromatic carbocycles. The summed E-state index contributed by atoms with van der Waals surface area (Å²) in [5.74, 6) is -0.246. The van der Waals surface area contributed by atoms with E-state index in [4.69, 9.17) is 16.7 Å². The second kappa shape index (κ2) is 7.11. The van der Waals surface area contributed by atoms with Crippen LogP contribution in [0.15, 0.2) is 30.7 Å². The minimum Gasteiger partial charge on any atom is -0.465 e. The number of carboxylic acid groups (broad SMARTS) is 1. The summed E-state index contributed by atoms with van der Waals surface area (Å²) in [6.07, 6.45) is 2.76. The Hall–Kier alpha value is -3.60. The summed E-state index contributed by atoms with van der Waals surface area (Å²) in [6, 6.07) is 3.17. The molecule has 3 aromatic heterocycles. The molecule has 3 N–H and O–H groups in total. The van der Waals surface area contributed by atoms with E-state index in [-0.39, 0.29) is 22.4 Å². The fourth-order valence-corrected chi connectivity index (χ4v) is 2.11. The maximum atomic E-state index is 12.1. The van der Waals surface area contributed by atoms with Gasteiger partial charge in [0.1, 0.15) is 0 Å². The first-order valence-corrected chi connectivity index (χ1v) is 7.47. The normalized spacial score (nSPS) is 10.4. The Morgan fingerprint density at radius 2 is 1.85 bits per heavy atom. The predicted molar refractivity (Wildman–Crippen MR) is 90.9 cm³/mol. The van der Waals surface area contributed by atoms with E-state index < -0.39 is 12.0 Å². The van der Waals surface area contributed by atoms with Gasteiger partial charge in [0.25, 0.3) is 5.91 Å². The molecule has 132 valence electrons. The number of rotatable bonds is 4. The Morgan fingerprint density at radius 1 is 1.12 bits per heavy atom. The lowest BCUT2D eigenvalue weighted by Crippen LogP contribution is -2.13. The number of hydrogen-bond acceptors (Lipinski definition) is 7. The number of nitrogens with one attached hydrogen (secondary N) is 2. The third-order valence-corrected chi connectivity index (χ3v) is 3.39. The first-order chi connectivity index (χ1) is 12.4. The van der Waals surface area contributed by atoms with Crippen LogP contribution in [0.5, 0.6) is 0 Å². The molecule has 0 radical (unpaired) electrons. The molecule has 0 unspecified atom stereocenters. The van der Waals surface area contributed by atoms with Gasteiger partial charge in [0.15, 0.2) is 11.5 Å². The molecule has 3 heterocycles. The Bertz CT molecular complexity index is 955. The number of carbonyl (C=O) groups is 2. The number of hydrogen-bond donors (Lipinski definition) is 3. The van der Waals surface area contributed by atoms with Crippen LogP contribution >= 0.6 is 11.6 Å². The molecule has 3 rings (SSSR count). The average Bonchev–Trinajstić information content (AvgIpc) is 2.96. The maximum Gasteiger partial charge on any atom is 0.410 e. The number of halogens is 1. The van der Waals surface area contributed by atoms with E-state index in [1.165, 1.54) is 23.3 Å². The standard InChI is InChI=1S/C14H11ClN8O3/c1-23-11(20-14(25)26)10(21-22-23)9-3-2-8(6-16-9)19-12(24)7-4-17-13(15)18-5-7/h2-6,20H,1H3,(H,19,24)(H,25,26). The van der Waals surface area contributed by atoms with Crippen LogP contribution in [0.25, 0.3) is 11.4 Å². The van der Waals surface area contributed by atoms with E-state index >= 15 is 0 Å². The van der Waals surface area contributed by atoms with Crippen molar-refractivity contribution < 1.29 is 14.7 Å². The SMILES string of the molecule is Cn1nnc(-c2ccc(NC(=O)c3cnc(Cl)nc3)cn2)c1NC(=O)O. The fraction of sp³-hybridized carbons (Fsp3) is 0.0714. The monoisotopic (exact) mass is 374 g/mol. The Balaban J connectivity index is 1.78. The van der Waals surface area contributed by atoms with Gasteiger partial charge in [-0.15, -0.1) is 5.10 Å². The molecule has 0 saturated heterocycles. The lowest BCUT2D eigenvalue weighted by atomic mass is 10.2. The van der Waals surface area contributed by atoms with Crippen molar-refractivity contribution in [1.29, 1.82) is 0 Å². The van der Waals surface area contributed by atoms with Crippen molar-refractivity contribution in [2.24, 2.45) is 7.05 Å². The van der Waals surface area contributed by atoms with Gasteiger partial charge in [-0.2, -0.15) is 0 Å². The largest absolute Gasteiger partial charge is 0.465 e. The van der Waals surface area contributed by atoms with Gasteiger partial charge in [-0.25, -0.2) is 19.4 Å². The number of pyridine rings is 1. The van der Waals surface area contributed by atoms with Gasteiger partial charge in [-0.1, -0.05) is 5.21 Å². The topological polar surface area (TPSA) is 148 Å². The van der Waals surface area contributed by atoms with Crippen LogP contribution in [0.2, 0.25) is 5.28 Å². The molecule has 0 aliphatic heterocycles. The quantitative estimate of drug-likeness (QED) is 0.584. The highest BCUT2D eigenvalue weighted by atomic mass is 35.5. The summed E-state index contributed by atoms with van der Waals surface area (Å²) in [4.78, 5) is 34.6. The summed E-state index contributed by atoms with van der Waals surface area (Å²) >= 11 is 5.58. The highest BCUT2D eigenvalue weighted by Crippen LogP contribution is 2.24. The van der Waals surface area contributed by atoms with E-state index in [1.54, 1.807) is 19.2 Å². The average molecular weight is 375 g/mol. The summed E-state index contributed by atoms with van der Waals surface area (Å²) in [5, 5.41) is 21.4. The third kappa shape index (κ3) is 3.72. The van der Waals surface area contributed by atoms with Crippen LogP contribution in [0.4, 0.5) is 16.3 Å². The van der Waals surface area contributed by atoms with Crippen molar-refractivity contribution in [1.82, 2.24) is 29.9 Å². The van der Waals surface area contributed by atoms with Crippen LogP contribution in [0, 0.1) is 0 Å². The highest BCUT2D eigenvalue weighted by molar-refractivity contribution is 6.28. The van der Waals surface area contributed by atoms with Crippen molar-refractivity contribution in [3.63, 3.8) is 0 Å². The van der Waals surface area contributed by atoms with Gasteiger partial charge < -0.3 is 10.4 Å². The van der Waals surface area contributed by atoms with E-state index in [0.29, 0.717) is 11.4 Å². The van der Waals surface area contributed by atoms with Crippen molar-refractivity contribution in [2.75, 3.05) is 10.6 Å². The van der Waals surface area contributed by atoms with Crippen molar-refractivity contribution >= 4 is 35.1 Å². The number of anilines is 2. The number of aromatic nitrogens is 6. The third-order valence-electron chi connectivity index (χ3n) is 3.20. The van der Waals surface area contributed by atoms with E-state index in [1.807, 2.05) is 0 Å². The molecule has 0 fully saturated rings. The van der Waals surface area contributed by atoms with Gasteiger partial charge in [-0.05, 0) is 23.7 Å². The summed E-state index contributed by atoms with van der Waals surface area (Å²) in [5.41, 5.74) is 1.30. The molecule has 0 aliphatic rings. The van der Waals surface area contributed by atoms with E-state index in [2.05, 4.69) is 35.9 Å². The molecular weight excluding hydrogens is 364 g/mol. The molecule has 0 bridgehead atoms. The highest BCUT2D eigenvalue weighted by Gasteiger charge is 2.16. The second-order valence-electron chi connectivity index (χ2n) is 4.97.